The summed E-state index contributed by atoms with van der Waals surface area (Å²) in [5.74, 6) is 3.67. The topological polar surface area (TPSA) is 60.2 Å². The van der Waals surface area contributed by atoms with E-state index in [0.29, 0.717) is 18.9 Å². The molecule has 0 bridgehead atoms. The number of aromatic nitrogens is 3. The maximum atomic E-state index is 12.9. The Morgan fingerprint density at radius 2 is 2.03 bits per heavy atom. The Bertz CT molecular complexity index is 832. The Balaban J connectivity index is 1.39. The van der Waals surface area contributed by atoms with Gasteiger partial charge < -0.3 is 14.2 Å². The predicted molar refractivity (Wildman–Crippen MR) is 112 cm³/mol. The quantitative estimate of drug-likeness (QED) is 0.746. The summed E-state index contributed by atoms with van der Waals surface area (Å²) in [7, 11) is 0. The first kappa shape index (κ1) is 19.9. The fraction of sp³-hybridized carbons (Fsp3) is 0.609. The fourth-order valence-corrected chi connectivity index (χ4v) is 4.63. The van der Waals surface area contributed by atoms with E-state index in [1.54, 1.807) is 0 Å². The van der Waals surface area contributed by atoms with Gasteiger partial charge >= 0.3 is 0 Å². The van der Waals surface area contributed by atoms with Crippen molar-refractivity contribution in [3.05, 3.63) is 41.5 Å². The molecule has 2 aliphatic rings. The summed E-state index contributed by atoms with van der Waals surface area (Å²) in [6, 6.07) is 8.03. The minimum absolute atomic E-state index is 0.233. The number of amides is 1. The van der Waals surface area contributed by atoms with Gasteiger partial charge in [0.15, 0.2) is 0 Å². The average Bonchev–Trinajstić information content (AvgIpc) is 3.01. The Hall–Kier alpha value is -2.37. The Morgan fingerprint density at radius 3 is 2.93 bits per heavy atom. The van der Waals surface area contributed by atoms with E-state index in [-0.39, 0.29) is 5.91 Å². The van der Waals surface area contributed by atoms with E-state index >= 15 is 0 Å². The number of hydrogen-bond acceptors (Lipinski definition) is 4. The lowest BCUT2D eigenvalue weighted by Gasteiger charge is -2.32. The third kappa shape index (κ3) is 4.62. The van der Waals surface area contributed by atoms with Crippen molar-refractivity contribution in [3.63, 3.8) is 0 Å². The van der Waals surface area contributed by atoms with Crippen molar-refractivity contribution in [1.82, 2.24) is 19.7 Å². The van der Waals surface area contributed by atoms with E-state index in [1.807, 2.05) is 30.0 Å². The number of para-hydroxylation sites is 1. The van der Waals surface area contributed by atoms with Crippen molar-refractivity contribution in [1.29, 1.82) is 0 Å². The summed E-state index contributed by atoms with van der Waals surface area (Å²) in [6.07, 6.45) is 8.07. The zero-order valence-corrected chi connectivity index (χ0v) is 17.5. The van der Waals surface area contributed by atoms with Gasteiger partial charge in [-0.15, -0.1) is 10.2 Å². The average molecular weight is 397 g/mol. The molecule has 4 rings (SSSR count). The highest BCUT2D eigenvalue weighted by Gasteiger charge is 2.29. The molecule has 0 saturated carbocycles. The van der Waals surface area contributed by atoms with Crippen LogP contribution >= 0.6 is 0 Å². The van der Waals surface area contributed by atoms with E-state index in [1.165, 1.54) is 19.3 Å². The molecule has 1 amide bonds. The fourth-order valence-electron chi connectivity index (χ4n) is 4.63. The highest BCUT2D eigenvalue weighted by atomic mass is 16.5. The van der Waals surface area contributed by atoms with Crippen LogP contribution < -0.4 is 4.74 Å². The second-order valence-corrected chi connectivity index (χ2v) is 8.16. The summed E-state index contributed by atoms with van der Waals surface area (Å²) >= 11 is 0. The molecule has 6 nitrogen and oxygen atoms in total. The number of aryl methyl sites for hydroxylation is 2. The third-order valence-corrected chi connectivity index (χ3v) is 6.16. The van der Waals surface area contributed by atoms with Crippen LogP contribution in [0.25, 0.3) is 0 Å². The van der Waals surface area contributed by atoms with Gasteiger partial charge in [-0.1, -0.05) is 24.6 Å². The lowest BCUT2D eigenvalue weighted by Crippen LogP contribution is -2.40. The van der Waals surface area contributed by atoms with E-state index < -0.39 is 0 Å². The molecule has 1 unspecified atom stereocenters. The van der Waals surface area contributed by atoms with Crippen molar-refractivity contribution in [2.24, 2.45) is 0 Å². The van der Waals surface area contributed by atoms with E-state index in [9.17, 15) is 4.79 Å². The highest BCUT2D eigenvalue weighted by Crippen LogP contribution is 2.28. The Kier molecular flexibility index (Phi) is 6.47. The van der Waals surface area contributed by atoms with Gasteiger partial charge in [-0.2, -0.15) is 0 Å². The summed E-state index contributed by atoms with van der Waals surface area (Å²) in [4.78, 5) is 15.0. The smallest absolute Gasteiger partial charge is 0.222 e. The van der Waals surface area contributed by atoms with Gasteiger partial charge in [0.1, 0.15) is 17.4 Å². The molecule has 2 aromatic rings. The molecule has 1 fully saturated rings. The number of carbonyl (C=O) groups excluding carboxylic acids is 1. The summed E-state index contributed by atoms with van der Waals surface area (Å²) in [5, 5.41) is 9.00. The van der Waals surface area contributed by atoms with Crippen LogP contribution in [0.3, 0.4) is 0 Å². The Labute approximate surface area is 173 Å². The molecule has 0 radical (unpaired) electrons. The minimum atomic E-state index is 0.233. The highest BCUT2D eigenvalue weighted by molar-refractivity contribution is 5.76. The molecule has 1 saturated heterocycles. The summed E-state index contributed by atoms with van der Waals surface area (Å²) in [6.45, 7) is 5.27. The lowest BCUT2D eigenvalue weighted by molar-refractivity contribution is -0.132. The van der Waals surface area contributed by atoms with Crippen molar-refractivity contribution in [2.75, 3.05) is 19.7 Å². The van der Waals surface area contributed by atoms with E-state index in [0.717, 1.165) is 68.3 Å². The third-order valence-electron chi connectivity index (χ3n) is 6.16. The second-order valence-electron chi connectivity index (χ2n) is 8.16. The van der Waals surface area contributed by atoms with Gasteiger partial charge in [0.2, 0.25) is 5.91 Å². The molecule has 156 valence electrons. The van der Waals surface area contributed by atoms with Crippen LogP contribution in [-0.2, 0) is 24.2 Å². The summed E-state index contributed by atoms with van der Waals surface area (Å²) < 4.78 is 8.04. The van der Waals surface area contributed by atoms with Crippen LogP contribution in [0.15, 0.2) is 24.3 Å². The second kappa shape index (κ2) is 9.42. The number of nitrogens with zero attached hydrogens (tertiary/aromatic N) is 4. The number of fused-ring (bicyclic) bond motifs is 1. The van der Waals surface area contributed by atoms with Gasteiger partial charge in [-0.05, 0) is 50.7 Å². The van der Waals surface area contributed by atoms with Crippen LogP contribution in [-0.4, -0.2) is 45.3 Å². The minimum Gasteiger partial charge on any atom is -0.494 e. The molecule has 6 heteroatoms. The van der Waals surface area contributed by atoms with Gasteiger partial charge in [-0.3, -0.25) is 4.79 Å². The molecule has 0 spiro atoms. The number of hydrogen-bond donors (Lipinski definition) is 0. The van der Waals surface area contributed by atoms with Gasteiger partial charge in [0.25, 0.3) is 0 Å². The molecule has 2 aliphatic heterocycles. The lowest BCUT2D eigenvalue weighted by atomic mass is 9.96. The maximum absolute atomic E-state index is 12.9. The number of likely N-dealkylation sites (tertiary alicyclic amines) is 1. The maximum Gasteiger partial charge on any atom is 0.222 e. The largest absolute Gasteiger partial charge is 0.494 e. The Morgan fingerprint density at radius 1 is 1.14 bits per heavy atom. The van der Waals surface area contributed by atoms with Crippen LogP contribution in [0, 0.1) is 0 Å². The molecule has 0 N–H and O–H groups in total. The first-order valence-corrected chi connectivity index (χ1v) is 11.2. The van der Waals surface area contributed by atoms with Crippen molar-refractivity contribution >= 4 is 5.91 Å². The van der Waals surface area contributed by atoms with E-state index in [2.05, 4.69) is 20.8 Å². The molecule has 3 heterocycles. The standard InChI is InChI=1S/C23H32N4O2/c1-2-29-20-11-6-5-9-18(20)13-14-22(28)26-15-8-10-19(17-26)23-25-24-21-12-4-3-7-16-27(21)23/h5-6,9,11,19H,2-4,7-8,10,12-17H2,1H3. The van der Waals surface area contributed by atoms with Gasteiger partial charge in [0, 0.05) is 38.4 Å². The van der Waals surface area contributed by atoms with E-state index in [4.69, 9.17) is 4.74 Å². The number of benzene rings is 1. The first-order valence-electron chi connectivity index (χ1n) is 11.2. The van der Waals surface area contributed by atoms with Crippen molar-refractivity contribution in [2.45, 2.75) is 70.8 Å². The van der Waals surface area contributed by atoms with Crippen LogP contribution in [0.5, 0.6) is 5.75 Å². The molecular weight excluding hydrogens is 364 g/mol. The summed E-state index contributed by atoms with van der Waals surface area (Å²) in [5.41, 5.74) is 1.11. The van der Waals surface area contributed by atoms with Crippen LogP contribution in [0.1, 0.15) is 68.6 Å². The zero-order valence-electron chi connectivity index (χ0n) is 17.5. The van der Waals surface area contributed by atoms with Crippen molar-refractivity contribution < 1.29 is 9.53 Å². The molecule has 29 heavy (non-hydrogen) atoms. The number of carbonyl (C=O) groups is 1. The SMILES string of the molecule is CCOc1ccccc1CCC(=O)N1CCCC(c2nnc3n2CCCCC3)C1. The van der Waals surface area contributed by atoms with Gasteiger partial charge in [0.05, 0.1) is 6.61 Å². The normalized spacial score (nSPS) is 19.5. The monoisotopic (exact) mass is 396 g/mol. The molecule has 0 aliphatic carbocycles. The first-order chi connectivity index (χ1) is 14.3. The number of rotatable bonds is 6. The molecule has 1 atom stereocenters. The van der Waals surface area contributed by atoms with Gasteiger partial charge in [-0.25, -0.2) is 0 Å². The molecule has 1 aromatic heterocycles. The predicted octanol–water partition coefficient (Wildman–Crippen LogP) is 3.74. The molecular formula is C23H32N4O2. The van der Waals surface area contributed by atoms with Crippen molar-refractivity contribution in [3.8, 4) is 5.75 Å². The number of piperidine rings is 1. The van der Waals surface area contributed by atoms with Crippen LogP contribution in [0.4, 0.5) is 0 Å². The van der Waals surface area contributed by atoms with Crippen LogP contribution in [0.2, 0.25) is 0 Å². The molecule has 1 aromatic carbocycles. The number of ether oxygens (including phenoxy) is 1. The zero-order chi connectivity index (χ0) is 20.1.